The van der Waals surface area contributed by atoms with Crippen LogP contribution in [0.4, 0.5) is 5.69 Å². The number of H-pyrrole nitrogens is 1. The molecule has 0 saturated carbocycles. The smallest absolute Gasteiger partial charge is 0.338 e. The second-order valence-electron chi connectivity index (χ2n) is 5.29. The molecule has 1 amide bonds. The maximum absolute atomic E-state index is 12.1. The Kier molecular flexibility index (Phi) is 3.91. The molecule has 2 heterocycles. The van der Waals surface area contributed by atoms with E-state index in [-0.39, 0.29) is 11.9 Å². The minimum Gasteiger partial charge on any atom is -0.462 e. The molecule has 0 fully saturated rings. The second-order valence-corrected chi connectivity index (χ2v) is 5.29. The van der Waals surface area contributed by atoms with Gasteiger partial charge in [-0.3, -0.25) is 9.89 Å². The lowest BCUT2D eigenvalue weighted by Gasteiger charge is -2.25. The van der Waals surface area contributed by atoms with Crippen molar-refractivity contribution in [3.8, 4) is 0 Å². The summed E-state index contributed by atoms with van der Waals surface area (Å²) in [5.41, 5.74) is 3.39. The molecule has 0 bridgehead atoms. The Labute approximate surface area is 128 Å². The number of nitrogens with zero attached hydrogens (tertiary/aromatic N) is 2. The van der Waals surface area contributed by atoms with Crippen LogP contribution < -0.4 is 4.90 Å². The molecule has 22 heavy (non-hydrogen) atoms. The molecule has 1 N–H and O–H groups in total. The lowest BCUT2D eigenvalue weighted by atomic mass is 9.99. The number of esters is 1. The van der Waals surface area contributed by atoms with Crippen molar-refractivity contribution in [1.29, 1.82) is 0 Å². The van der Waals surface area contributed by atoms with Crippen LogP contribution in [0.3, 0.4) is 0 Å². The number of ether oxygens (including phenoxy) is 1. The van der Waals surface area contributed by atoms with Gasteiger partial charge in [0.15, 0.2) is 0 Å². The van der Waals surface area contributed by atoms with Crippen molar-refractivity contribution < 1.29 is 14.3 Å². The fourth-order valence-corrected chi connectivity index (χ4v) is 2.54. The monoisotopic (exact) mass is 299 g/mol. The van der Waals surface area contributed by atoms with E-state index in [9.17, 15) is 9.59 Å². The fourth-order valence-electron chi connectivity index (χ4n) is 2.54. The van der Waals surface area contributed by atoms with Crippen LogP contribution in [-0.4, -0.2) is 35.7 Å². The average Bonchev–Trinajstić information content (AvgIpc) is 3.04. The van der Waals surface area contributed by atoms with Crippen molar-refractivity contribution >= 4 is 17.6 Å². The molecule has 0 spiro atoms. The third-order valence-corrected chi connectivity index (χ3v) is 3.84. The third-order valence-electron chi connectivity index (χ3n) is 3.84. The predicted molar refractivity (Wildman–Crippen MR) is 80.7 cm³/mol. The number of rotatable bonds is 4. The Hall–Kier alpha value is -2.63. The zero-order valence-corrected chi connectivity index (χ0v) is 12.3. The van der Waals surface area contributed by atoms with Gasteiger partial charge in [0, 0.05) is 31.8 Å². The molecule has 0 unspecified atom stereocenters. The van der Waals surface area contributed by atoms with Crippen molar-refractivity contribution in [1.82, 2.24) is 10.2 Å². The number of amides is 1. The number of fused-ring (bicyclic) bond motifs is 1. The quantitative estimate of drug-likeness (QED) is 0.872. The Bertz CT molecular complexity index is 695. The van der Waals surface area contributed by atoms with Gasteiger partial charge in [0.2, 0.25) is 5.91 Å². The topological polar surface area (TPSA) is 75.3 Å². The molecule has 1 aromatic heterocycles. The van der Waals surface area contributed by atoms with Crippen molar-refractivity contribution in [2.75, 3.05) is 18.6 Å². The highest BCUT2D eigenvalue weighted by Gasteiger charge is 2.22. The highest BCUT2D eigenvalue weighted by Crippen LogP contribution is 2.27. The molecular formula is C16H17N3O3. The highest BCUT2D eigenvalue weighted by atomic mass is 16.5. The van der Waals surface area contributed by atoms with Crippen molar-refractivity contribution in [3.63, 3.8) is 0 Å². The van der Waals surface area contributed by atoms with Crippen LogP contribution >= 0.6 is 0 Å². The number of hydrogen-bond donors (Lipinski definition) is 1. The largest absolute Gasteiger partial charge is 0.462 e. The van der Waals surface area contributed by atoms with E-state index >= 15 is 0 Å². The number of aromatic nitrogens is 2. The van der Waals surface area contributed by atoms with E-state index < -0.39 is 0 Å². The van der Waals surface area contributed by atoms with Gasteiger partial charge in [0.05, 0.1) is 18.4 Å². The molecular weight excluding hydrogens is 282 g/mol. The Balaban J connectivity index is 1.65. The van der Waals surface area contributed by atoms with Crippen LogP contribution in [0, 0.1) is 0 Å². The fraction of sp³-hybridized carbons (Fsp3) is 0.312. The van der Waals surface area contributed by atoms with E-state index in [0.717, 1.165) is 16.8 Å². The average molecular weight is 299 g/mol. The first-order valence-electron chi connectivity index (χ1n) is 7.19. The number of aryl methyl sites for hydroxylation is 1. The van der Waals surface area contributed by atoms with Crippen molar-refractivity contribution in [2.24, 2.45) is 0 Å². The van der Waals surface area contributed by atoms with Gasteiger partial charge in [0.25, 0.3) is 0 Å². The molecule has 6 nitrogen and oxygen atoms in total. The van der Waals surface area contributed by atoms with Gasteiger partial charge in [-0.25, -0.2) is 4.79 Å². The number of anilines is 1. The highest BCUT2D eigenvalue weighted by molar-refractivity contribution is 5.97. The SMILES string of the molecule is CN1C(=O)CCc2cc(C(=O)OCCc3cn[nH]c3)ccc21. The van der Waals surface area contributed by atoms with Gasteiger partial charge in [-0.15, -0.1) is 0 Å². The minimum atomic E-state index is -0.342. The van der Waals surface area contributed by atoms with Gasteiger partial charge in [-0.05, 0) is 35.7 Å². The standard InChI is InChI=1S/C16H17N3O3/c1-19-14-4-2-13(8-12(14)3-5-15(19)20)16(21)22-7-6-11-9-17-18-10-11/h2,4,8-10H,3,5-7H2,1H3,(H,17,18). The maximum Gasteiger partial charge on any atom is 0.338 e. The zero-order valence-electron chi connectivity index (χ0n) is 12.3. The molecule has 2 aromatic rings. The van der Waals surface area contributed by atoms with Gasteiger partial charge < -0.3 is 9.64 Å². The van der Waals surface area contributed by atoms with Gasteiger partial charge in [-0.1, -0.05) is 0 Å². The molecule has 1 aliphatic rings. The van der Waals surface area contributed by atoms with E-state index in [0.29, 0.717) is 31.4 Å². The van der Waals surface area contributed by atoms with Crippen LogP contribution in [-0.2, 0) is 22.4 Å². The van der Waals surface area contributed by atoms with Crippen LogP contribution in [0.1, 0.15) is 27.9 Å². The van der Waals surface area contributed by atoms with E-state index in [4.69, 9.17) is 4.74 Å². The Morgan fingerprint density at radius 1 is 1.41 bits per heavy atom. The van der Waals surface area contributed by atoms with E-state index in [1.807, 2.05) is 6.07 Å². The number of hydrogen-bond acceptors (Lipinski definition) is 4. The summed E-state index contributed by atoms with van der Waals surface area (Å²) in [6.07, 6.45) is 5.25. The molecule has 3 rings (SSSR count). The first-order valence-corrected chi connectivity index (χ1v) is 7.19. The predicted octanol–water partition coefficient (Wildman–Crippen LogP) is 1.72. The molecule has 0 saturated heterocycles. The van der Waals surface area contributed by atoms with Gasteiger partial charge >= 0.3 is 5.97 Å². The normalized spacial score (nSPS) is 13.9. The number of benzene rings is 1. The third kappa shape index (κ3) is 2.86. The summed E-state index contributed by atoms with van der Waals surface area (Å²) in [7, 11) is 1.75. The van der Waals surface area contributed by atoms with E-state index in [1.54, 1.807) is 36.5 Å². The zero-order chi connectivity index (χ0) is 15.5. The number of carbonyl (C=O) groups is 2. The second kappa shape index (κ2) is 6.01. The summed E-state index contributed by atoms with van der Waals surface area (Å²) in [5, 5.41) is 6.56. The van der Waals surface area contributed by atoms with Crippen LogP contribution in [0.5, 0.6) is 0 Å². The van der Waals surface area contributed by atoms with Crippen LogP contribution in [0.25, 0.3) is 0 Å². The molecule has 0 aliphatic carbocycles. The van der Waals surface area contributed by atoms with Gasteiger partial charge in [-0.2, -0.15) is 5.10 Å². The van der Waals surface area contributed by atoms with Gasteiger partial charge in [0.1, 0.15) is 0 Å². The molecule has 0 radical (unpaired) electrons. The minimum absolute atomic E-state index is 0.0999. The molecule has 0 atom stereocenters. The summed E-state index contributed by atoms with van der Waals surface area (Å²) in [5.74, 6) is -0.242. The molecule has 6 heteroatoms. The maximum atomic E-state index is 12.1. The van der Waals surface area contributed by atoms with E-state index in [1.165, 1.54) is 0 Å². The molecule has 1 aliphatic heterocycles. The first kappa shape index (κ1) is 14.3. The summed E-state index contributed by atoms with van der Waals surface area (Å²) in [6.45, 7) is 0.313. The summed E-state index contributed by atoms with van der Waals surface area (Å²) in [4.78, 5) is 25.4. The number of aromatic amines is 1. The Morgan fingerprint density at radius 3 is 3.05 bits per heavy atom. The molecule has 114 valence electrons. The van der Waals surface area contributed by atoms with Crippen LogP contribution in [0.2, 0.25) is 0 Å². The molecule has 1 aromatic carbocycles. The van der Waals surface area contributed by atoms with Crippen molar-refractivity contribution in [2.45, 2.75) is 19.3 Å². The summed E-state index contributed by atoms with van der Waals surface area (Å²) < 4.78 is 5.28. The van der Waals surface area contributed by atoms with Crippen molar-refractivity contribution in [3.05, 3.63) is 47.3 Å². The lowest BCUT2D eigenvalue weighted by Crippen LogP contribution is -2.31. The Morgan fingerprint density at radius 2 is 2.27 bits per heavy atom. The summed E-state index contributed by atoms with van der Waals surface area (Å²) in [6, 6.07) is 5.33. The summed E-state index contributed by atoms with van der Waals surface area (Å²) >= 11 is 0. The number of carbonyl (C=O) groups excluding carboxylic acids is 2. The van der Waals surface area contributed by atoms with Crippen LogP contribution in [0.15, 0.2) is 30.6 Å². The lowest BCUT2D eigenvalue weighted by molar-refractivity contribution is -0.118. The first-order chi connectivity index (χ1) is 10.6. The number of nitrogens with one attached hydrogen (secondary N) is 1. The van der Waals surface area contributed by atoms with E-state index in [2.05, 4.69) is 10.2 Å².